The van der Waals surface area contributed by atoms with Crippen molar-refractivity contribution in [2.45, 2.75) is 31.6 Å². The number of hydrogen-bond acceptors (Lipinski definition) is 5. The van der Waals surface area contributed by atoms with Gasteiger partial charge in [0.2, 0.25) is 0 Å². The highest BCUT2D eigenvalue weighted by Crippen LogP contribution is 2.17. The van der Waals surface area contributed by atoms with Gasteiger partial charge in [-0.15, -0.1) is 11.8 Å². The van der Waals surface area contributed by atoms with Gasteiger partial charge in [0.05, 0.1) is 12.2 Å². The highest BCUT2D eigenvalue weighted by atomic mass is 32.2. The van der Waals surface area contributed by atoms with Gasteiger partial charge in [-0.3, -0.25) is 4.79 Å². The van der Waals surface area contributed by atoms with Gasteiger partial charge in [0.15, 0.2) is 6.61 Å². The molecule has 2 aromatic carbocycles. The van der Waals surface area contributed by atoms with E-state index in [0.29, 0.717) is 24.5 Å². The van der Waals surface area contributed by atoms with Crippen molar-refractivity contribution < 1.29 is 19.1 Å². The maximum Gasteiger partial charge on any atom is 0.338 e. The predicted octanol–water partition coefficient (Wildman–Crippen LogP) is 4.24. The molecule has 28 heavy (non-hydrogen) atoms. The van der Waals surface area contributed by atoms with Crippen LogP contribution in [0.15, 0.2) is 53.4 Å². The number of ether oxygens (including phenoxy) is 2. The molecule has 0 heterocycles. The first kappa shape index (κ1) is 21.8. The van der Waals surface area contributed by atoms with Crippen LogP contribution in [0.1, 0.15) is 35.7 Å². The minimum atomic E-state index is -0.524. The number of hydrogen-bond donors (Lipinski definition) is 1. The fourth-order valence-corrected chi connectivity index (χ4v) is 3.05. The zero-order valence-corrected chi connectivity index (χ0v) is 17.2. The smallest absolute Gasteiger partial charge is 0.338 e. The second-order valence-electron chi connectivity index (χ2n) is 6.31. The third-order valence-corrected chi connectivity index (χ3v) is 4.92. The molecule has 0 aliphatic heterocycles. The van der Waals surface area contributed by atoms with Gasteiger partial charge in [0.25, 0.3) is 5.91 Å². The molecule has 150 valence electrons. The maximum absolute atomic E-state index is 12.0. The molecular formula is C22H27NO4S. The van der Waals surface area contributed by atoms with E-state index in [-0.39, 0.29) is 12.5 Å². The quantitative estimate of drug-likeness (QED) is 0.347. The molecule has 0 aliphatic rings. The van der Waals surface area contributed by atoms with Gasteiger partial charge in [-0.05, 0) is 49.7 Å². The maximum atomic E-state index is 12.0. The largest absolute Gasteiger partial charge is 0.494 e. The van der Waals surface area contributed by atoms with Crippen molar-refractivity contribution in [1.29, 1.82) is 0 Å². The number of carbonyl (C=O) groups is 2. The highest BCUT2D eigenvalue weighted by Gasteiger charge is 2.10. The molecule has 1 amide bonds. The first-order valence-electron chi connectivity index (χ1n) is 9.44. The molecule has 1 N–H and O–H groups in total. The van der Waals surface area contributed by atoms with Crippen LogP contribution in [0, 0.1) is 6.92 Å². The number of aryl methyl sites for hydroxylation is 1. The van der Waals surface area contributed by atoms with E-state index in [1.807, 2.05) is 6.92 Å². The van der Waals surface area contributed by atoms with E-state index < -0.39 is 5.97 Å². The summed E-state index contributed by atoms with van der Waals surface area (Å²) in [5.74, 6) is 0.637. The Kier molecular flexibility index (Phi) is 9.42. The van der Waals surface area contributed by atoms with E-state index in [1.165, 1.54) is 5.56 Å². The van der Waals surface area contributed by atoms with E-state index in [0.717, 1.165) is 23.5 Å². The van der Waals surface area contributed by atoms with Gasteiger partial charge in [-0.1, -0.05) is 31.0 Å². The number of amides is 1. The number of unbranched alkanes of at least 4 members (excludes halogenated alkanes) is 1. The van der Waals surface area contributed by atoms with Crippen LogP contribution in [0.2, 0.25) is 0 Å². The predicted molar refractivity (Wildman–Crippen MR) is 112 cm³/mol. The lowest BCUT2D eigenvalue weighted by molar-refractivity contribution is -0.124. The Morgan fingerprint density at radius 1 is 1.04 bits per heavy atom. The molecule has 2 rings (SSSR count). The molecule has 5 nitrogen and oxygen atoms in total. The normalized spacial score (nSPS) is 10.4. The highest BCUT2D eigenvalue weighted by molar-refractivity contribution is 7.99. The first-order chi connectivity index (χ1) is 13.6. The average molecular weight is 402 g/mol. The number of carbonyl (C=O) groups excluding carboxylic acids is 2. The second-order valence-corrected chi connectivity index (χ2v) is 7.48. The summed E-state index contributed by atoms with van der Waals surface area (Å²) in [4.78, 5) is 25.0. The van der Waals surface area contributed by atoms with Crippen molar-refractivity contribution in [3.05, 3.63) is 59.7 Å². The summed E-state index contributed by atoms with van der Waals surface area (Å²) in [5, 5.41) is 2.75. The number of thioether (sulfide) groups is 1. The SMILES string of the molecule is CCCCOc1ccc(C(=O)OCC(=O)NCCSc2ccc(C)cc2)cc1. The molecular weight excluding hydrogens is 374 g/mol. The molecule has 0 bridgehead atoms. The van der Waals surface area contributed by atoms with Crippen molar-refractivity contribution in [2.24, 2.45) is 0 Å². The topological polar surface area (TPSA) is 64.6 Å². The van der Waals surface area contributed by atoms with E-state index in [2.05, 4.69) is 36.5 Å². The molecule has 0 atom stereocenters. The Labute approximate surface area is 170 Å². The molecule has 0 saturated heterocycles. The molecule has 0 fully saturated rings. The van der Waals surface area contributed by atoms with Gasteiger partial charge in [-0.2, -0.15) is 0 Å². The van der Waals surface area contributed by atoms with E-state index in [9.17, 15) is 9.59 Å². The summed E-state index contributed by atoms with van der Waals surface area (Å²) in [6, 6.07) is 15.0. The Morgan fingerprint density at radius 3 is 2.43 bits per heavy atom. The molecule has 6 heteroatoms. The Morgan fingerprint density at radius 2 is 1.75 bits per heavy atom. The molecule has 0 spiro atoms. The van der Waals surface area contributed by atoms with Crippen molar-refractivity contribution >= 4 is 23.6 Å². The Balaban J connectivity index is 1.63. The van der Waals surface area contributed by atoms with Crippen LogP contribution in [0.4, 0.5) is 0 Å². The second kappa shape index (κ2) is 12.1. The van der Waals surface area contributed by atoms with E-state index in [1.54, 1.807) is 36.0 Å². The van der Waals surface area contributed by atoms with Crippen LogP contribution in [0.25, 0.3) is 0 Å². The lowest BCUT2D eigenvalue weighted by atomic mass is 10.2. The van der Waals surface area contributed by atoms with E-state index in [4.69, 9.17) is 9.47 Å². The van der Waals surface area contributed by atoms with Crippen molar-refractivity contribution in [2.75, 3.05) is 25.5 Å². The molecule has 0 radical (unpaired) electrons. The minimum absolute atomic E-state index is 0.289. The third-order valence-electron chi connectivity index (χ3n) is 3.90. The first-order valence-corrected chi connectivity index (χ1v) is 10.4. The molecule has 0 aliphatic carbocycles. The average Bonchev–Trinajstić information content (AvgIpc) is 2.71. The zero-order chi connectivity index (χ0) is 20.2. The van der Waals surface area contributed by atoms with Crippen LogP contribution >= 0.6 is 11.8 Å². The van der Waals surface area contributed by atoms with Gasteiger partial charge in [0.1, 0.15) is 5.75 Å². The van der Waals surface area contributed by atoms with Gasteiger partial charge >= 0.3 is 5.97 Å². The summed E-state index contributed by atoms with van der Waals surface area (Å²) in [7, 11) is 0. The summed E-state index contributed by atoms with van der Waals surface area (Å²) >= 11 is 1.67. The van der Waals surface area contributed by atoms with Crippen molar-refractivity contribution in [1.82, 2.24) is 5.32 Å². The zero-order valence-electron chi connectivity index (χ0n) is 16.4. The number of benzene rings is 2. The summed E-state index contributed by atoms with van der Waals surface area (Å²) in [5.41, 5.74) is 1.61. The minimum Gasteiger partial charge on any atom is -0.494 e. The summed E-state index contributed by atoms with van der Waals surface area (Å²) in [6.07, 6.45) is 2.06. The summed E-state index contributed by atoms with van der Waals surface area (Å²) < 4.78 is 10.6. The third kappa shape index (κ3) is 8.05. The van der Waals surface area contributed by atoms with Gasteiger partial charge in [-0.25, -0.2) is 4.79 Å². The Bertz CT molecular complexity index is 744. The lowest BCUT2D eigenvalue weighted by Crippen LogP contribution is -2.30. The monoisotopic (exact) mass is 401 g/mol. The van der Waals surface area contributed by atoms with Crippen LogP contribution in [-0.4, -0.2) is 37.4 Å². The van der Waals surface area contributed by atoms with E-state index >= 15 is 0 Å². The molecule has 2 aromatic rings. The van der Waals surface area contributed by atoms with Crippen molar-refractivity contribution in [3.8, 4) is 5.75 Å². The molecule has 0 unspecified atom stereocenters. The summed E-state index contributed by atoms with van der Waals surface area (Å²) in [6.45, 7) is 5.03. The van der Waals surface area contributed by atoms with Gasteiger partial charge in [0, 0.05) is 17.2 Å². The fourth-order valence-electron chi connectivity index (χ4n) is 2.28. The lowest BCUT2D eigenvalue weighted by Gasteiger charge is -2.08. The van der Waals surface area contributed by atoms with Crippen molar-refractivity contribution in [3.63, 3.8) is 0 Å². The Hall–Kier alpha value is -2.47. The van der Waals surface area contributed by atoms with Crippen LogP contribution in [0.5, 0.6) is 5.75 Å². The molecule has 0 aromatic heterocycles. The van der Waals surface area contributed by atoms with Gasteiger partial charge < -0.3 is 14.8 Å². The van der Waals surface area contributed by atoms with Crippen LogP contribution in [-0.2, 0) is 9.53 Å². The number of rotatable bonds is 11. The number of esters is 1. The number of nitrogens with one attached hydrogen (secondary N) is 1. The fraction of sp³-hybridized carbons (Fsp3) is 0.364. The molecule has 0 saturated carbocycles. The van der Waals surface area contributed by atoms with Crippen LogP contribution < -0.4 is 10.1 Å². The van der Waals surface area contributed by atoms with Crippen LogP contribution in [0.3, 0.4) is 0 Å². The standard InChI is InChI=1S/C22H27NO4S/c1-3-4-14-26-19-9-7-18(8-10-19)22(25)27-16-21(24)23-13-15-28-20-11-5-17(2)6-12-20/h5-12H,3-4,13-16H2,1-2H3,(H,23,24).